The Morgan fingerprint density at radius 3 is 2.46 bits per heavy atom. The molecule has 1 heterocycles. The normalized spacial score (nSPS) is 13.9. The molecule has 0 unspecified atom stereocenters. The standard InChI is InChI=1S/C24H29N3O/c1-15-13-16(2)18(4)20(17(15)3)14-27-22-8-6-5-7-21(22)26-23(27)11-12-25-24(28)19-9-10-19/h5-8,13,19H,9-12,14H2,1-4H3,(H,25,28). The van der Waals surface area contributed by atoms with E-state index in [1.54, 1.807) is 0 Å². The quantitative estimate of drug-likeness (QED) is 0.695. The Morgan fingerprint density at radius 2 is 1.79 bits per heavy atom. The van der Waals surface area contributed by atoms with Crippen molar-refractivity contribution in [2.75, 3.05) is 6.54 Å². The van der Waals surface area contributed by atoms with Crippen molar-refractivity contribution >= 4 is 16.9 Å². The van der Waals surface area contributed by atoms with Gasteiger partial charge in [-0.25, -0.2) is 4.98 Å². The average Bonchev–Trinajstić information content (AvgIpc) is 3.47. The van der Waals surface area contributed by atoms with Gasteiger partial charge in [-0.1, -0.05) is 18.2 Å². The van der Waals surface area contributed by atoms with Crippen molar-refractivity contribution in [2.45, 2.75) is 53.5 Å². The predicted molar refractivity (Wildman–Crippen MR) is 114 cm³/mol. The number of fused-ring (bicyclic) bond motifs is 1. The van der Waals surface area contributed by atoms with Gasteiger partial charge in [-0.2, -0.15) is 0 Å². The summed E-state index contributed by atoms with van der Waals surface area (Å²) in [5, 5.41) is 3.08. The van der Waals surface area contributed by atoms with E-state index in [0.717, 1.165) is 42.7 Å². The summed E-state index contributed by atoms with van der Waals surface area (Å²) < 4.78 is 2.33. The van der Waals surface area contributed by atoms with Crippen molar-refractivity contribution in [3.8, 4) is 0 Å². The van der Waals surface area contributed by atoms with E-state index < -0.39 is 0 Å². The van der Waals surface area contributed by atoms with E-state index in [1.165, 1.54) is 27.8 Å². The second-order valence-electron chi connectivity index (χ2n) is 8.16. The maximum Gasteiger partial charge on any atom is 0.223 e. The number of rotatable bonds is 6. The first-order valence-corrected chi connectivity index (χ1v) is 10.2. The number of hydrogen-bond acceptors (Lipinski definition) is 2. The monoisotopic (exact) mass is 375 g/mol. The summed E-state index contributed by atoms with van der Waals surface area (Å²) in [5.74, 6) is 1.48. The van der Waals surface area contributed by atoms with E-state index in [4.69, 9.17) is 4.98 Å². The third-order valence-corrected chi connectivity index (χ3v) is 6.17. The number of benzene rings is 2. The molecule has 1 aromatic heterocycles. The van der Waals surface area contributed by atoms with Crippen molar-refractivity contribution < 1.29 is 4.79 Å². The van der Waals surface area contributed by atoms with E-state index in [9.17, 15) is 4.79 Å². The lowest BCUT2D eigenvalue weighted by Gasteiger charge is -2.18. The molecule has 4 heteroatoms. The molecule has 2 aromatic carbocycles. The van der Waals surface area contributed by atoms with Gasteiger partial charge in [0.15, 0.2) is 0 Å². The van der Waals surface area contributed by atoms with Crippen molar-refractivity contribution in [1.29, 1.82) is 0 Å². The summed E-state index contributed by atoms with van der Waals surface area (Å²) in [7, 11) is 0. The fraction of sp³-hybridized carbons (Fsp3) is 0.417. The first kappa shape index (κ1) is 18.7. The smallest absolute Gasteiger partial charge is 0.223 e. The number of aromatic nitrogens is 2. The Bertz CT molecular complexity index is 1020. The number of carbonyl (C=O) groups excluding carboxylic acids is 1. The molecule has 3 aromatic rings. The highest BCUT2D eigenvalue weighted by atomic mass is 16.2. The number of imidazole rings is 1. The molecule has 1 aliphatic carbocycles. The molecule has 0 spiro atoms. The van der Waals surface area contributed by atoms with Crippen molar-refractivity contribution in [1.82, 2.24) is 14.9 Å². The fourth-order valence-electron chi connectivity index (χ4n) is 3.97. The number of hydrogen-bond donors (Lipinski definition) is 1. The lowest BCUT2D eigenvalue weighted by molar-refractivity contribution is -0.122. The highest BCUT2D eigenvalue weighted by Gasteiger charge is 2.29. The number of aryl methyl sites for hydroxylation is 2. The van der Waals surface area contributed by atoms with Crippen LogP contribution in [0.1, 0.15) is 46.5 Å². The van der Waals surface area contributed by atoms with E-state index in [-0.39, 0.29) is 11.8 Å². The zero-order valence-electron chi connectivity index (χ0n) is 17.3. The molecule has 0 bridgehead atoms. The van der Waals surface area contributed by atoms with Crippen LogP contribution in [0.5, 0.6) is 0 Å². The molecule has 0 atom stereocenters. The highest BCUT2D eigenvalue weighted by molar-refractivity contribution is 5.80. The Morgan fingerprint density at radius 1 is 1.11 bits per heavy atom. The number of carbonyl (C=O) groups is 1. The maximum absolute atomic E-state index is 12.0. The maximum atomic E-state index is 12.0. The van der Waals surface area contributed by atoms with Crippen LogP contribution < -0.4 is 5.32 Å². The Balaban J connectivity index is 1.66. The summed E-state index contributed by atoms with van der Waals surface area (Å²) >= 11 is 0. The average molecular weight is 376 g/mol. The van der Waals surface area contributed by atoms with E-state index in [2.05, 4.69) is 61.8 Å². The fourth-order valence-corrected chi connectivity index (χ4v) is 3.97. The van der Waals surface area contributed by atoms with Crippen LogP contribution in [-0.4, -0.2) is 22.0 Å². The molecule has 1 fully saturated rings. The molecule has 0 radical (unpaired) electrons. The Kier molecular flexibility index (Phi) is 4.96. The van der Waals surface area contributed by atoms with E-state index >= 15 is 0 Å². The van der Waals surface area contributed by atoms with Crippen LogP contribution in [0.2, 0.25) is 0 Å². The van der Waals surface area contributed by atoms with Crippen LogP contribution in [0.4, 0.5) is 0 Å². The van der Waals surface area contributed by atoms with Gasteiger partial charge in [0.2, 0.25) is 5.91 Å². The van der Waals surface area contributed by atoms with Crippen molar-refractivity contribution in [3.05, 3.63) is 64.0 Å². The second kappa shape index (κ2) is 7.42. The Labute approximate surface area is 167 Å². The molecule has 0 saturated heterocycles. The van der Waals surface area contributed by atoms with Gasteiger partial charge >= 0.3 is 0 Å². The molecule has 1 aliphatic rings. The third-order valence-electron chi connectivity index (χ3n) is 6.17. The molecule has 28 heavy (non-hydrogen) atoms. The summed E-state index contributed by atoms with van der Waals surface area (Å²) in [6.07, 6.45) is 2.82. The zero-order valence-corrected chi connectivity index (χ0v) is 17.3. The van der Waals surface area contributed by atoms with Gasteiger partial charge in [-0.15, -0.1) is 0 Å². The molecule has 1 N–H and O–H groups in total. The van der Waals surface area contributed by atoms with Gasteiger partial charge in [0.05, 0.1) is 11.0 Å². The van der Waals surface area contributed by atoms with Crippen molar-refractivity contribution in [2.24, 2.45) is 5.92 Å². The number of para-hydroxylation sites is 2. The van der Waals surface area contributed by atoms with Gasteiger partial charge in [0.1, 0.15) is 5.82 Å². The van der Waals surface area contributed by atoms with Crippen LogP contribution in [-0.2, 0) is 17.8 Å². The summed E-state index contributed by atoms with van der Waals surface area (Å²) in [4.78, 5) is 16.9. The summed E-state index contributed by atoms with van der Waals surface area (Å²) in [6.45, 7) is 10.3. The molecule has 4 nitrogen and oxygen atoms in total. The second-order valence-corrected chi connectivity index (χ2v) is 8.16. The van der Waals surface area contributed by atoms with Crippen LogP contribution in [0, 0.1) is 33.6 Å². The van der Waals surface area contributed by atoms with Crippen LogP contribution in [0.3, 0.4) is 0 Å². The molecule has 4 rings (SSSR count). The van der Waals surface area contributed by atoms with Crippen LogP contribution in [0.15, 0.2) is 30.3 Å². The minimum atomic E-state index is 0.198. The minimum absolute atomic E-state index is 0.198. The SMILES string of the molecule is Cc1cc(C)c(C)c(Cn2c(CCNC(=O)C3CC3)nc3ccccc32)c1C. The first-order valence-electron chi connectivity index (χ1n) is 10.2. The largest absolute Gasteiger partial charge is 0.355 e. The topological polar surface area (TPSA) is 46.9 Å². The van der Waals surface area contributed by atoms with Gasteiger partial charge in [-0.05, 0) is 80.5 Å². The van der Waals surface area contributed by atoms with Gasteiger partial charge in [0.25, 0.3) is 0 Å². The zero-order chi connectivity index (χ0) is 19.8. The number of nitrogens with zero attached hydrogens (tertiary/aromatic N) is 2. The number of amides is 1. The lowest BCUT2D eigenvalue weighted by Crippen LogP contribution is -2.27. The van der Waals surface area contributed by atoms with Gasteiger partial charge in [0, 0.05) is 25.4 Å². The lowest BCUT2D eigenvalue weighted by atomic mass is 9.94. The highest BCUT2D eigenvalue weighted by Crippen LogP contribution is 2.29. The molecule has 0 aliphatic heterocycles. The predicted octanol–water partition coefficient (Wildman–Crippen LogP) is 4.39. The summed E-state index contributed by atoms with van der Waals surface area (Å²) in [5.41, 5.74) is 8.93. The Hall–Kier alpha value is -2.62. The molecule has 1 saturated carbocycles. The molecule has 1 amide bonds. The molecule has 146 valence electrons. The molecular formula is C24H29N3O. The van der Waals surface area contributed by atoms with Gasteiger partial charge < -0.3 is 9.88 Å². The van der Waals surface area contributed by atoms with E-state index in [1.807, 2.05) is 6.07 Å². The first-order chi connectivity index (χ1) is 13.5. The van der Waals surface area contributed by atoms with Gasteiger partial charge in [-0.3, -0.25) is 4.79 Å². The number of nitrogens with one attached hydrogen (secondary N) is 1. The van der Waals surface area contributed by atoms with Crippen LogP contribution in [0.25, 0.3) is 11.0 Å². The van der Waals surface area contributed by atoms with E-state index in [0.29, 0.717) is 6.54 Å². The minimum Gasteiger partial charge on any atom is -0.355 e. The molecular weight excluding hydrogens is 346 g/mol. The van der Waals surface area contributed by atoms with Crippen molar-refractivity contribution in [3.63, 3.8) is 0 Å². The third kappa shape index (κ3) is 3.56. The van der Waals surface area contributed by atoms with Crippen LogP contribution >= 0.6 is 0 Å². The summed E-state index contributed by atoms with van der Waals surface area (Å²) in [6, 6.07) is 10.6.